The topological polar surface area (TPSA) is 43.8 Å². The lowest BCUT2D eigenvalue weighted by Crippen LogP contribution is -2.37. The first-order valence-corrected chi connectivity index (χ1v) is 7.99. The molecule has 0 radical (unpaired) electrons. The highest BCUT2D eigenvalue weighted by Gasteiger charge is 2.49. The van der Waals surface area contributed by atoms with Crippen molar-refractivity contribution in [3.05, 3.63) is 52.3 Å². The quantitative estimate of drug-likeness (QED) is 0.919. The molecule has 1 aromatic carbocycles. The van der Waals surface area contributed by atoms with E-state index in [1.807, 2.05) is 11.6 Å². The van der Waals surface area contributed by atoms with E-state index in [1.54, 1.807) is 0 Å². The second-order valence-corrected chi connectivity index (χ2v) is 6.37. The minimum absolute atomic E-state index is 0.0822. The van der Waals surface area contributed by atoms with Gasteiger partial charge in [0.25, 0.3) is 0 Å². The Balaban J connectivity index is 1.86. The highest BCUT2D eigenvalue weighted by molar-refractivity contribution is 6.31. The summed E-state index contributed by atoms with van der Waals surface area (Å²) in [6.45, 7) is 4.86. The maximum absolute atomic E-state index is 6.58. The van der Waals surface area contributed by atoms with Gasteiger partial charge in [-0.3, -0.25) is 4.68 Å². The van der Waals surface area contributed by atoms with Crippen LogP contribution in [0.4, 0.5) is 0 Å². The summed E-state index contributed by atoms with van der Waals surface area (Å²) in [6, 6.07) is 10.7. The molecule has 2 N–H and O–H groups in total. The Bertz CT molecular complexity index is 629. The van der Waals surface area contributed by atoms with Gasteiger partial charge in [-0.05, 0) is 32.3 Å². The maximum atomic E-state index is 6.58. The van der Waals surface area contributed by atoms with Crippen molar-refractivity contribution in [2.75, 3.05) is 0 Å². The van der Waals surface area contributed by atoms with Crippen LogP contribution in [0.15, 0.2) is 30.3 Å². The summed E-state index contributed by atoms with van der Waals surface area (Å²) in [7, 11) is 0. The molecule has 4 heteroatoms. The number of nitrogens with two attached hydrogens (primary N) is 1. The Hall–Kier alpha value is -1.32. The fraction of sp³-hybridized carbons (Fsp3) is 0.471. The fourth-order valence-electron chi connectivity index (χ4n) is 3.25. The van der Waals surface area contributed by atoms with Crippen molar-refractivity contribution in [1.29, 1.82) is 0 Å². The number of benzene rings is 1. The van der Waals surface area contributed by atoms with Gasteiger partial charge in [-0.25, -0.2) is 0 Å². The van der Waals surface area contributed by atoms with Gasteiger partial charge in [-0.1, -0.05) is 41.9 Å². The number of nitrogens with zero attached hydrogens (tertiary/aromatic N) is 2. The van der Waals surface area contributed by atoms with Crippen LogP contribution < -0.4 is 5.73 Å². The zero-order valence-corrected chi connectivity index (χ0v) is 13.4. The van der Waals surface area contributed by atoms with Crippen LogP contribution in [0.2, 0.25) is 5.02 Å². The lowest BCUT2D eigenvalue weighted by Gasteiger charge is -2.24. The Labute approximate surface area is 131 Å². The van der Waals surface area contributed by atoms with Gasteiger partial charge in [0, 0.05) is 24.4 Å². The van der Waals surface area contributed by atoms with Crippen LogP contribution in [0, 0.1) is 6.92 Å². The van der Waals surface area contributed by atoms with E-state index in [1.165, 1.54) is 5.56 Å². The van der Waals surface area contributed by atoms with E-state index in [-0.39, 0.29) is 11.5 Å². The van der Waals surface area contributed by atoms with E-state index in [2.05, 4.69) is 42.4 Å². The van der Waals surface area contributed by atoms with Crippen LogP contribution in [0.5, 0.6) is 0 Å². The molecule has 0 bridgehead atoms. The molecule has 1 atom stereocenters. The first-order valence-electron chi connectivity index (χ1n) is 7.61. The van der Waals surface area contributed by atoms with Gasteiger partial charge in [0.1, 0.15) is 0 Å². The highest BCUT2D eigenvalue weighted by atomic mass is 35.5. The monoisotopic (exact) mass is 303 g/mol. The Morgan fingerprint density at radius 2 is 2.00 bits per heavy atom. The van der Waals surface area contributed by atoms with Crippen molar-refractivity contribution < 1.29 is 0 Å². The van der Waals surface area contributed by atoms with E-state index < -0.39 is 0 Å². The number of hydrogen-bond acceptors (Lipinski definition) is 2. The summed E-state index contributed by atoms with van der Waals surface area (Å²) in [4.78, 5) is 0. The van der Waals surface area contributed by atoms with Gasteiger partial charge in [-0.15, -0.1) is 0 Å². The lowest BCUT2D eigenvalue weighted by molar-refractivity contribution is 0.490. The molecule has 1 fully saturated rings. The number of rotatable bonds is 5. The molecule has 3 nitrogen and oxygen atoms in total. The largest absolute Gasteiger partial charge is 0.327 e. The van der Waals surface area contributed by atoms with Crippen molar-refractivity contribution in [2.45, 2.75) is 51.1 Å². The van der Waals surface area contributed by atoms with Gasteiger partial charge in [0.2, 0.25) is 0 Å². The minimum atomic E-state index is 0.0822. The zero-order chi connectivity index (χ0) is 15.0. The van der Waals surface area contributed by atoms with Crippen molar-refractivity contribution in [2.24, 2.45) is 5.73 Å². The third kappa shape index (κ3) is 2.49. The van der Waals surface area contributed by atoms with Crippen LogP contribution >= 0.6 is 11.6 Å². The molecule has 0 aliphatic heterocycles. The van der Waals surface area contributed by atoms with Gasteiger partial charge in [0.15, 0.2) is 0 Å². The molecule has 1 saturated carbocycles. The van der Waals surface area contributed by atoms with Crippen LogP contribution in [-0.2, 0) is 18.4 Å². The second-order valence-electron chi connectivity index (χ2n) is 5.99. The van der Waals surface area contributed by atoms with Crippen molar-refractivity contribution in [3.63, 3.8) is 0 Å². The summed E-state index contributed by atoms with van der Waals surface area (Å²) in [5, 5.41) is 5.26. The van der Waals surface area contributed by atoms with Gasteiger partial charge < -0.3 is 5.73 Å². The number of hydrogen-bond donors (Lipinski definition) is 1. The summed E-state index contributed by atoms with van der Waals surface area (Å²) < 4.78 is 1.98. The van der Waals surface area contributed by atoms with Crippen molar-refractivity contribution >= 4 is 11.6 Å². The van der Waals surface area contributed by atoms with Crippen LogP contribution in [-0.4, -0.2) is 15.8 Å². The molecule has 112 valence electrons. The fourth-order valence-corrected chi connectivity index (χ4v) is 3.46. The van der Waals surface area contributed by atoms with Crippen molar-refractivity contribution in [3.8, 4) is 0 Å². The Morgan fingerprint density at radius 1 is 1.33 bits per heavy atom. The number of aromatic nitrogens is 2. The molecular formula is C17H22ClN3. The predicted octanol–water partition coefficient (Wildman–Crippen LogP) is 3.47. The second kappa shape index (κ2) is 5.47. The first-order chi connectivity index (χ1) is 10.1. The molecular weight excluding hydrogens is 282 g/mol. The van der Waals surface area contributed by atoms with Crippen LogP contribution in [0.3, 0.4) is 0 Å². The van der Waals surface area contributed by atoms with E-state index in [0.717, 1.165) is 42.2 Å². The summed E-state index contributed by atoms with van der Waals surface area (Å²) in [5.74, 6) is 0. The number of halogens is 1. The van der Waals surface area contributed by atoms with E-state index >= 15 is 0 Å². The third-order valence-corrected chi connectivity index (χ3v) is 5.20. The Morgan fingerprint density at radius 3 is 2.57 bits per heavy atom. The molecule has 1 aliphatic rings. The lowest BCUT2D eigenvalue weighted by atomic mass is 9.86. The smallest absolute Gasteiger partial charge is 0.0847 e. The molecule has 1 unspecified atom stereocenters. The van der Waals surface area contributed by atoms with E-state index in [0.29, 0.717) is 0 Å². The maximum Gasteiger partial charge on any atom is 0.0847 e. The van der Waals surface area contributed by atoms with E-state index in [9.17, 15) is 0 Å². The summed E-state index contributed by atoms with van der Waals surface area (Å²) in [5.41, 5.74) is 10.0. The molecule has 0 amide bonds. The summed E-state index contributed by atoms with van der Waals surface area (Å²) in [6.07, 6.45) is 3.10. The molecule has 2 aromatic rings. The van der Waals surface area contributed by atoms with Crippen molar-refractivity contribution in [1.82, 2.24) is 9.78 Å². The standard InChI is InChI=1S/C17H22ClN3/c1-3-21-14(16(18)12(2)20-21)11-15(19)17(9-10-17)13-7-5-4-6-8-13/h4-8,15H,3,9-11,19H2,1-2H3. The average Bonchev–Trinajstić information content (AvgIpc) is 3.27. The minimum Gasteiger partial charge on any atom is -0.327 e. The average molecular weight is 304 g/mol. The van der Waals surface area contributed by atoms with Gasteiger partial charge >= 0.3 is 0 Å². The molecule has 0 saturated heterocycles. The first kappa shape index (κ1) is 14.6. The van der Waals surface area contributed by atoms with E-state index in [4.69, 9.17) is 17.3 Å². The van der Waals surface area contributed by atoms with Gasteiger partial charge in [-0.2, -0.15) is 5.10 Å². The zero-order valence-electron chi connectivity index (χ0n) is 12.6. The van der Waals surface area contributed by atoms with Crippen LogP contribution in [0.1, 0.15) is 36.7 Å². The third-order valence-electron chi connectivity index (χ3n) is 4.71. The number of aryl methyl sites for hydroxylation is 2. The highest BCUT2D eigenvalue weighted by Crippen LogP contribution is 2.51. The van der Waals surface area contributed by atoms with Gasteiger partial charge in [0.05, 0.1) is 16.4 Å². The molecule has 1 aliphatic carbocycles. The molecule has 3 rings (SSSR count). The summed E-state index contributed by atoms with van der Waals surface area (Å²) >= 11 is 6.41. The van der Waals surface area contributed by atoms with Crippen LogP contribution in [0.25, 0.3) is 0 Å². The molecule has 0 spiro atoms. The Kier molecular flexibility index (Phi) is 3.80. The molecule has 1 heterocycles. The molecule has 21 heavy (non-hydrogen) atoms. The predicted molar refractivity (Wildman–Crippen MR) is 86.7 cm³/mol. The molecule has 1 aromatic heterocycles. The SMILES string of the molecule is CCn1nc(C)c(Cl)c1CC(N)C1(c2ccccc2)CC1. The normalized spacial score (nSPS) is 17.7.